The van der Waals surface area contributed by atoms with Crippen LogP contribution in [-0.2, 0) is 16.4 Å². The van der Waals surface area contributed by atoms with E-state index in [1.54, 1.807) is 16.4 Å². The first-order valence-electron chi connectivity index (χ1n) is 9.61. The van der Waals surface area contributed by atoms with Crippen LogP contribution in [-0.4, -0.2) is 19.3 Å². The zero-order valence-corrected chi connectivity index (χ0v) is 17.3. The van der Waals surface area contributed by atoms with E-state index in [9.17, 15) is 8.42 Å². The maximum absolute atomic E-state index is 13.6. The van der Waals surface area contributed by atoms with E-state index in [0.29, 0.717) is 11.4 Å². The van der Waals surface area contributed by atoms with Gasteiger partial charge in [0, 0.05) is 6.54 Å². The van der Waals surface area contributed by atoms with Gasteiger partial charge < -0.3 is 0 Å². The van der Waals surface area contributed by atoms with E-state index in [2.05, 4.69) is 38.1 Å². The van der Waals surface area contributed by atoms with Crippen molar-refractivity contribution >= 4 is 10.0 Å². The lowest BCUT2D eigenvalue weighted by molar-refractivity contribution is 0.343. The fraction of sp³-hybridized carbons (Fsp3) is 0.250. The highest BCUT2D eigenvalue weighted by Gasteiger charge is 2.37. The Morgan fingerprint density at radius 3 is 2.21 bits per heavy atom. The van der Waals surface area contributed by atoms with E-state index in [4.69, 9.17) is 0 Å². The summed E-state index contributed by atoms with van der Waals surface area (Å²) in [5.41, 5.74) is 6.73. The molecule has 1 aliphatic rings. The molecule has 3 aromatic carbocycles. The predicted molar refractivity (Wildman–Crippen MR) is 113 cm³/mol. The Labute approximate surface area is 167 Å². The standard InChI is InChI=1S/C24H25NO2S/c1-17-8-11-21(12-9-17)28(26,27)25-15-14-20-16-18(2)10-13-23(20)24(25)22-7-5-4-6-19(22)3/h4-13,16,24H,14-15H2,1-3H3. The Balaban J connectivity index is 1.90. The van der Waals surface area contributed by atoms with Crippen molar-refractivity contribution in [1.82, 2.24) is 4.31 Å². The molecule has 0 aliphatic carbocycles. The van der Waals surface area contributed by atoms with Crippen molar-refractivity contribution in [2.75, 3.05) is 6.54 Å². The lowest BCUT2D eigenvalue weighted by Crippen LogP contribution is -2.40. The molecule has 1 unspecified atom stereocenters. The van der Waals surface area contributed by atoms with Crippen molar-refractivity contribution in [3.8, 4) is 0 Å². The lowest BCUT2D eigenvalue weighted by Gasteiger charge is -2.37. The number of benzene rings is 3. The number of sulfonamides is 1. The van der Waals surface area contributed by atoms with Crippen LogP contribution in [0.1, 0.15) is 39.4 Å². The molecule has 1 atom stereocenters. The van der Waals surface area contributed by atoms with Crippen LogP contribution in [0.3, 0.4) is 0 Å². The Hall–Kier alpha value is -2.43. The van der Waals surface area contributed by atoms with Crippen LogP contribution in [0.25, 0.3) is 0 Å². The molecule has 4 rings (SSSR count). The quantitative estimate of drug-likeness (QED) is 0.634. The Bertz CT molecular complexity index is 1120. The van der Waals surface area contributed by atoms with Gasteiger partial charge in [-0.1, -0.05) is 65.7 Å². The second kappa shape index (κ2) is 7.19. The molecule has 0 bridgehead atoms. The number of hydrogen-bond donors (Lipinski definition) is 0. The molecule has 0 fully saturated rings. The van der Waals surface area contributed by atoms with Gasteiger partial charge in [-0.3, -0.25) is 0 Å². The molecule has 28 heavy (non-hydrogen) atoms. The summed E-state index contributed by atoms with van der Waals surface area (Å²) in [5, 5.41) is 0. The highest BCUT2D eigenvalue weighted by Crippen LogP contribution is 2.40. The van der Waals surface area contributed by atoms with Gasteiger partial charge in [-0.15, -0.1) is 0 Å². The van der Waals surface area contributed by atoms with E-state index < -0.39 is 10.0 Å². The number of rotatable bonds is 3. The van der Waals surface area contributed by atoms with Gasteiger partial charge in [0.05, 0.1) is 10.9 Å². The van der Waals surface area contributed by atoms with E-state index >= 15 is 0 Å². The Kier molecular flexibility index (Phi) is 4.86. The molecule has 1 aliphatic heterocycles. The summed E-state index contributed by atoms with van der Waals surface area (Å²) >= 11 is 0. The second-order valence-corrected chi connectivity index (χ2v) is 9.53. The second-order valence-electron chi connectivity index (χ2n) is 7.64. The van der Waals surface area contributed by atoms with Crippen LogP contribution in [0, 0.1) is 20.8 Å². The molecule has 0 aromatic heterocycles. The molecular weight excluding hydrogens is 366 g/mol. The maximum Gasteiger partial charge on any atom is 0.243 e. The number of fused-ring (bicyclic) bond motifs is 1. The average molecular weight is 392 g/mol. The van der Waals surface area contributed by atoms with E-state index in [-0.39, 0.29) is 6.04 Å². The molecular formula is C24H25NO2S. The smallest absolute Gasteiger partial charge is 0.207 e. The Morgan fingerprint density at radius 2 is 1.50 bits per heavy atom. The lowest BCUT2D eigenvalue weighted by atomic mass is 9.87. The third-order valence-corrected chi connectivity index (χ3v) is 7.47. The van der Waals surface area contributed by atoms with Gasteiger partial charge in [0.25, 0.3) is 0 Å². The van der Waals surface area contributed by atoms with Crippen molar-refractivity contribution in [2.24, 2.45) is 0 Å². The first kappa shape index (κ1) is 18.9. The first-order chi connectivity index (χ1) is 13.4. The summed E-state index contributed by atoms with van der Waals surface area (Å²) in [7, 11) is -3.61. The summed E-state index contributed by atoms with van der Waals surface area (Å²) in [6, 6.07) is 21.3. The van der Waals surface area contributed by atoms with Crippen molar-refractivity contribution in [1.29, 1.82) is 0 Å². The summed E-state index contributed by atoms with van der Waals surface area (Å²) < 4.78 is 28.9. The van der Waals surface area contributed by atoms with Crippen LogP contribution in [0.4, 0.5) is 0 Å². The van der Waals surface area contributed by atoms with Gasteiger partial charge in [-0.2, -0.15) is 4.31 Å². The zero-order chi connectivity index (χ0) is 19.9. The molecule has 4 heteroatoms. The molecule has 0 saturated heterocycles. The summed E-state index contributed by atoms with van der Waals surface area (Å²) in [6.45, 7) is 6.57. The molecule has 3 nitrogen and oxygen atoms in total. The predicted octanol–water partition coefficient (Wildman–Crippen LogP) is 4.95. The molecule has 0 amide bonds. The van der Waals surface area contributed by atoms with Crippen molar-refractivity contribution in [2.45, 2.75) is 38.1 Å². The third kappa shape index (κ3) is 3.27. The van der Waals surface area contributed by atoms with Crippen LogP contribution in [0.5, 0.6) is 0 Å². The van der Waals surface area contributed by atoms with Crippen molar-refractivity contribution in [3.05, 3.63) is 100 Å². The topological polar surface area (TPSA) is 37.4 Å². The average Bonchev–Trinajstić information content (AvgIpc) is 2.67. The van der Waals surface area contributed by atoms with Crippen LogP contribution < -0.4 is 0 Å². The molecule has 0 saturated carbocycles. The van der Waals surface area contributed by atoms with E-state index in [1.807, 2.05) is 37.3 Å². The minimum atomic E-state index is -3.61. The van der Waals surface area contributed by atoms with Gasteiger partial charge in [-0.25, -0.2) is 8.42 Å². The maximum atomic E-state index is 13.6. The summed E-state index contributed by atoms with van der Waals surface area (Å²) in [5.74, 6) is 0. The molecule has 3 aromatic rings. The van der Waals surface area contributed by atoms with Crippen LogP contribution >= 0.6 is 0 Å². The number of nitrogens with zero attached hydrogens (tertiary/aromatic N) is 1. The Morgan fingerprint density at radius 1 is 0.821 bits per heavy atom. The van der Waals surface area contributed by atoms with Crippen LogP contribution in [0.15, 0.2) is 71.6 Å². The largest absolute Gasteiger partial charge is 0.243 e. The van der Waals surface area contributed by atoms with Crippen LogP contribution in [0.2, 0.25) is 0 Å². The summed E-state index contributed by atoms with van der Waals surface area (Å²) in [4.78, 5) is 0.354. The van der Waals surface area contributed by atoms with E-state index in [0.717, 1.165) is 28.7 Å². The molecule has 144 valence electrons. The molecule has 0 spiro atoms. The normalized spacial score (nSPS) is 17.3. The van der Waals surface area contributed by atoms with Gasteiger partial charge in [-0.05, 0) is 61.6 Å². The fourth-order valence-electron chi connectivity index (χ4n) is 4.05. The number of aryl methyl sites for hydroxylation is 3. The van der Waals surface area contributed by atoms with Gasteiger partial charge in [0.15, 0.2) is 0 Å². The van der Waals surface area contributed by atoms with Crippen molar-refractivity contribution < 1.29 is 8.42 Å². The van der Waals surface area contributed by atoms with Gasteiger partial charge >= 0.3 is 0 Å². The monoisotopic (exact) mass is 391 g/mol. The van der Waals surface area contributed by atoms with Crippen molar-refractivity contribution in [3.63, 3.8) is 0 Å². The van der Waals surface area contributed by atoms with E-state index in [1.165, 1.54) is 11.1 Å². The highest BCUT2D eigenvalue weighted by molar-refractivity contribution is 7.89. The molecule has 0 radical (unpaired) electrons. The SMILES string of the molecule is Cc1ccc(S(=O)(=O)N2CCc3cc(C)ccc3C2c2ccccc2C)cc1. The third-order valence-electron chi connectivity index (χ3n) is 5.59. The first-order valence-corrected chi connectivity index (χ1v) is 11.1. The fourth-order valence-corrected chi connectivity index (χ4v) is 5.64. The molecule has 1 heterocycles. The minimum Gasteiger partial charge on any atom is -0.207 e. The highest BCUT2D eigenvalue weighted by atomic mass is 32.2. The minimum absolute atomic E-state index is 0.308. The molecule has 0 N–H and O–H groups in total. The van der Waals surface area contributed by atoms with Gasteiger partial charge in [0.1, 0.15) is 0 Å². The number of hydrogen-bond acceptors (Lipinski definition) is 2. The summed E-state index contributed by atoms with van der Waals surface area (Å²) in [6.07, 6.45) is 0.727. The zero-order valence-electron chi connectivity index (χ0n) is 16.5. The van der Waals surface area contributed by atoms with Gasteiger partial charge in [0.2, 0.25) is 10.0 Å².